The molecule has 4 rings (SSSR count). The van der Waals surface area contributed by atoms with Crippen LogP contribution in [-0.4, -0.2) is 25.9 Å². The Balaban J connectivity index is 1.26. The Bertz CT molecular complexity index is 1120. The van der Waals surface area contributed by atoms with Gasteiger partial charge in [-0.1, -0.05) is 31.6 Å². The van der Waals surface area contributed by atoms with Crippen molar-refractivity contribution in [3.63, 3.8) is 0 Å². The zero-order chi connectivity index (χ0) is 29.2. The lowest BCUT2D eigenvalue weighted by Crippen LogP contribution is -2.22. The maximum Gasteiger partial charge on any atom is 0.204 e. The van der Waals surface area contributed by atoms with Crippen molar-refractivity contribution >= 4 is 0 Å². The molecule has 0 unspecified atom stereocenters. The van der Waals surface area contributed by atoms with Gasteiger partial charge in [-0.15, -0.1) is 6.58 Å². The molecule has 7 heteroatoms. The van der Waals surface area contributed by atoms with Crippen LogP contribution in [0.15, 0.2) is 36.9 Å². The molecule has 0 amide bonds. The summed E-state index contributed by atoms with van der Waals surface area (Å²) in [5, 5.41) is 0. The van der Waals surface area contributed by atoms with Crippen LogP contribution in [0.25, 0.3) is 0 Å². The van der Waals surface area contributed by atoms with E-state index in [-0.39, 0.29) is 48.6 Å². The molecular formula is C34H44F4O3. The lowest BCUT2D eigenvalue weighted by molar-refractivity contribution is 0.0230. The Morgan fingerprint density at radius 1 is 0.707 bits per heavy atom. The monoisotopic (exact) mass is 576 g/mol. The van der Waals surface area contributed by atoms with E-state index in [1.165, 1.54) is 12.1 Å². The van der Waals surface area contributed by atoms with Crippen molar-refractivity contribution in [3.05, 3.63) is 71.3 Å². The van der Waals surface area contributed by atoms with Crippen LogP contribution in [-0.2, 0) is 4.74 Å². The first-order valence-electron chi connectivity index (χ1n) is 15.4. The molecule has 0 spiro atoms. The molecule has 226 valence electrons. The van der Waals surface area contributed by atoms with Crippen molar-refractivity contribution in [1.29, 1.82) is 0 Å². The van der Waals surface area contributed by atoms with Gasteiger partial charge >= 0.3 is 0 Å². The number of hydrogen-bond acceptors (Lipinski definition) is 3. The van der Waals surface area contributed by atoms with E-state index in [1.54, 1.807) is 18.2 Å². The van der Waals surface area contributed by atoms with Gasteiger partial charge < -0.3 is 14.2 Å². The predicted octanol–water partition coefficient (Wildman–Crippen LogP) is 9.78. The largest absolute Gasteiger partial charge is 0.490 e. The molecule has 0 aliphatic heterocycles. The number of halogens is 4. The highest BCUT2D eigenvalue weighted by molar-refractivity contribution is 5.35. The van der Waals surface area contributed by atoms with Gasteiger partial charge in [0.25, 0.3) is 0 Å². The van der Waals surface area contributed by atoms with E-state index >= 15 is 8.78 Å². The Morgan fingerprint density at radius 2 is 1.27 bits per heavy atom. The molecule has 0 aromatic heterocycles. The van der Waals surface area contributed by atoms with Crippen LogP contribution in [0.4, 0.5) is 17.6 Å². The van der Waals surface area contributed by atoms with E-state index in [1.807, 2.05) is 0 Å². The van der Waals surface area contributed by atoms with Gasteiger partial charge in [-0.3, -0.25) is 0 Å². The summed E-state index contributed by atoms with van der Waals surface area (Å²) in [5.74, 6) is -3.72. The average Bonchev–Trinajstić information content (AvgIpc) is 2.99. The lowest BCUT2D eigenvalue weighted by atomic mass is 9.77. The minimum atomic E-state index is -1.06. The number of benzene rings is 2. The molecule has 2 saturated carbocycles. The Kier molecular flexibility index (Phi) is 12.0. The Morgan fingerprint density at radius 3 is 1.83 bits per heavy atom. The zero-order valence-electron chi connectivity index (χ0n) is 24.2. The van der Waals surface area contributed by atoms with E-state index in [0.717, 1.165) is 64.4 Å². The van der Waals surface area contributed by atoms with Gasteiger partial charge in [0.15, 0.2) is 23.1 Å². The highest BCUT2D eigenvalue weighted by atomic mass is 19.2. The first-order chi connectivity index (χ1) is 19.9. The number of allylic oxidation sites excluding steroid dienone is 1. The van der Waals surface area contributed by atoms with Crippen molar-refractivity contribution in [2.75, 3.05) is 19.8 Å². The maximum absolute atomic E-state index is 15.3. The molecule has 41 heavy (non-hydrogen) atoms. The van der Waals surface area contributed by atoms with Crippen LogP contribution in [0.5, 0.6) is 11.5 Å². The normalized spacial score (nSPS) is 22.9. The molecular weight excluding hydrogens is 532 g/mol. The predicted molar refractivity (Wildman–Crippen MR) is 154 cm³/mol. The minimum Gasteiger partial charge on any atom is -0.490 e. The molecule has 2 fully saturated rings. The standard InChI is InChI=1S/C34H44F4O3/c1-3-5-7-21-40-29-18-19-30(34(38)33(29)37)41-22-23-8-10-24(11-9-23)27-16-17-28(32(36)31(27)35)25-12-14-26(15-13-25)39-20-6-4-2/h3,16-19,23-26H,1,4-15,20-22H2,2H3. The zero-order valence-corrected chi connectivity index (χ0v) is 24.2. The Hall–Kier alpha value is -2.54. The van der Waals surface area contributed by atoms with Crippen molar-refractivity contribution in [2.24, 2.45) is 5.92 Å². The molecule has 2 aliphatic rings. The molecule has 0 bridgehead atoms. The van der Waals surface area contributed by atoms with E-state index in [2.05, 4.69) is 13.5 Å². The topological polar surface area (TPSA) is 27.7 Å². The van der Waals surface area contributed by atoms with Crippen LogP contribution in [0.1, 0.15) is 107 Å². The molecule has 2 aromatic rings. The highest BCUT2D eigenvalue weighted by Crippen LogP contribution is 2.41. The molecule has 0 N–H and O–H groups in total. The van der Waals surface area contributed by atoms with Gasteiger partial charge in [0.05, 0.1) is 19.3 Å². The van der Waals surface area contributed by atoms with Crippen LogP contribution in [0.3, 0.4) is 0 Å². The SMILES string of the molecule is C=CCCCOc1ccc(OCC2CCC(c3ccc(C4CCC(OCCCC)CC4)c(F)c3F)CC2)c(F)c1F. The van der Waals surface area contributed by atoms with Crippen LogP contribution in [0, 0.1) is 29.2 Å². The summed E-state index contributed by atoms with van der Waals surface area (Å²) in [6.45, 7) is 7.04. The van der Waals surface area contributed by atoms with E-state index in [4.69, 9.17) is 14.2 Å². The fourth-order valence-electron chi connectivity index (χ4n) is 6.14. The van der Waals surface area contributed by atoms with Crippen molar-refractivity contribution in [3.8, 4) is 11.5 Å². The number of ether oxygens (including phenoxy) is 3. The summed E-state index contributed by atoms with van der Waals surface area (Å²) in [4.78, 5) is 0. The second-order valence-electron chi connectivity index (χ2n) is 11.6. The first-order valence-corrected chi connectivity index (χ1v) is 15.4. The minimum absolute atomic E-state index is 0.0283. The third kappa shape index (κ3) is 8.27. The fourth-order valence-corrected chi connectivity index (χ4v) is 6.14. The van der Waals surface area contributed by atoms with E-state index < -0.39 is 23.3 Å². The average molecular weight is 577 g/mol. The highest BCUT2D eigenvalue weighted by Gasteiger charge is 2.30. The van der Waals surface area contributed by atoms with Crippen LogP contribution >= 0.6 is 0 Å². The van der Waals surface area contributed by atoms with Gasteiger partial charge in [-0.05, 0) is 112 Å². The van der Waals surface area contributed by atoms with E-state index in [0.29, 0.717) is 30.4 Å². The molecule has 2 aliphatic carbocycles. The molecule has 0 saturated heterocycles. The first kappa shape index (κ1) is 31.4. The van der Waals surface area contributed by atoms with Gasteiger partial charge in [0, 0.05) is 6.61 Å². The van der Waals surface area contributed by atoms with Gasteiger partial charge in [0.1, 0.15) is 0 Å². The van der Waals surface area contributed by atoms with Gasteiger partial charge in [-0.25, -0.2) is 8.78 Å². The van der Waals surface area contributed by atoms with Crippen LogP contribution < -0.4 is 9.47 Å². The van der Waals surface area contributed by atoms with Crippen molar-refractivity contribution in [1.82, 2.24) is 0 Å². The summed E-state index contributed by atoms with van der Waals surface area (Å²) in [7, 11) is 0. The summed E-state index contributed by atoms with van der Waals surface area (Å²) in [6, 6.07) is 6.33. The molecule has 3 nitrogen and oxygen atoms in total. The summed E-state index contributed by atoms with van der Waals surface area (Å²) < 4.78 is 76.3. The maximum atomic E-state index is 15.3. The van der Waals surface area contributed by atoms with Crippen molar-refractivity contribution < 1.29 is 31.8 Å². The van der Waals surface area contributed by atoms with E-state index in [9.17, 15) is 8.78 Å². The lowest BCUT2D eigenvalue weighted by Gasteiger charge is -2.31. The van der Waals surface area contributed by atoms with Crippen molar-refractivity contribution in [2.45, 2.75) is 102 Å². The summed E-state index contributed by atoms with van der Waals surface area (Å²) in [5.41, 5.74) is 0.932. The number of unbranched alkanes of at least 4 members (excludes halogenated alkanes) is 2. The third-order valence-corrected chi connectivity index (χ3v) is 8.69. The second kappa shape index (κ2) is 15.6. The Labute approximate surface area is 242 Å². The van der Waals surface area contributed by atoms with Gasteiger partial charge in [-0.2, -0.15) is 8.78 Å². The molecule has 0 heterocycles. The second-order valence-corrected chi connectivity index (χ2v) is 11.6. The quantitative estimate of drug-likeness (QED) is 0.127. The van der Waals surface area contributed by atoms with Crippen LogP contribution in [0.2, 0.25) is 0 Å². The fraction of sp³-hybridized carbons (Fsp3) is 0.588. The molecule has 0 atom stereocenters. The summed E-state index contributed by atoms with van der Waals surface area (Å²) >= 11 is 0. The smallest absolute Gasteiger partial charge is 0.204 e. The van der Waals surface area contributed by atoms with Gasteiger partial charge in [0.2, 0.25) is 11.6 Å². The molecule has 2 aromatic carbocycles. The summed E-state index contributed by atoms with van der Waals surface area (Å²) in [6.07, 6.45) is 11.8. The third-order valence-electron chi connectivity index (χ3n) is 8.69. The molecule has 0 radical (unpaired) electrons. The number of rotatable bonds is 14. The number of hydrogen-bond donors (Lipinski definition) is 0.